The van der Waals surface area contributed by atoms with E-state index in [-0.39, 0.29) is 0 Å². The van der Waals surface area contributed by atoms with Crippen LogP contribution in [0, 0.1) is 5.92 Å². The Hall–Kier alpha value is -1.13. The fourth-order valence-electron chi connectivity index (χ4n) is 2.54. The molecule has 1 aromatic heterocycles. The van der Waals surface area contributed by atoms with Crippen molar-refractivity contribution in [2.45, 2.75) is 6.92 Å². The first-order valence-electron chi connectivity index (χ1n) is 6.80. The molecule has 0 saturated carbocycles. The van der Waals surface area contributed by atoms with Gasteiger partial charge in [-0.3, -0.25) is 4.98 Å². The number of nitrogens with one attached hydrogen (secondary N) is 1. The van der Waals surface area contributed by atoms with Gasteiger partial charge in [-0.15, -0.1) is 0 Å². The Bertz CT molecular complexity index is 335. The van der Waals surface area contributed by atoms with Crippen LogP contribution in [0.4, 0.5) is 5.69 Å². The van der Waals surface area contributed by atoms with E-state index in [0.29, 0.717) is 5.92 Å². The number of hydrogen-bond acceptors (Lipinski definition) is 4. The van der Waals surface area contributed by atoms with Crippen molar-refractivity contribution in [3.8, 4) is 0 Å². The van der Waals surface area contributed by atoms with Crippen molar-refractivity contribution in [1.82, 2.24) is 15.2 Å². The molecule has 2 heterocycles. The fourth-order valence-corrected chi connectivity index (χ4v) is 2.54. The van der Waals surface area contributed by atoms with E-state index in [9.17, 15) is 0 Å². The zero-order chi connectivity index (χ0) is 12.8. The lowest BCUT2D eigenvalue weighted by molar-refractivity contribution is 0.213. The highest BCUT2D eigenvalue weighted by Crippen LogP contribution is 2.12. The van der Waals surface area contributed by atoms with Gasteiger partial charge in [-0.2, -0.15) is 0 Å². The lowest BCUT2D eigenvalue weighted by Gasteiger charge is -2.31. The third kappa shape index (κ3) is 3.96. The summed E-state index contributed by atoms with van der Waals surface area (Å²) >= 11 is 0. The summed E-state index contributed by atoms with van der Waals surface area (Å²) in [5.41, 5.74) is 1.20. The molecular weight excluding hydrogens is 224 g/mol. The molecule has 1 unspecified atom stereocenters. The molecule has 4 nitrogen and oxygen atoms in total. The minimum absolute atomic E-state index is 0.674. The van der Waals surface area contributed by atoms with Crippen molar-refractivity contribution >= 4 is 5.69 Å². The summed E-state index contributed by atoms with van der Waals surface area (Å²) in [7, 11) is 2.14. The van der Waals surface area contributed by atoms with Gasteiger partial charge in [0.15, 0.2) is 0 Å². The van der Waals surface area contributed by atoms with E-state index in [1.165, 1.54) is 25.3 Å². The van der Waals surface area contributed by atoms with Crippen molar-refractivity contribution in [3.05, 3.63) is 24.5 Å². The predicted molar refractivity (Wildman–Crippen MR) is 76.0 cm³/mol. The van der Waals surface area contributed by atoms with Gasteiger partial charge in [0, 0.05) is 52.5 Å². The standard InChI is InChI=1S/C14H24N4/c1-13(12-18-8-6-15-7-9-18)11-17(2)14-4-3-5-16-10-14/h3-5,10,13,15H,6-9,11-12H2,1-2H3. The zero-order valence-electron chi connectivity index (χ0n) is 11.5. The summed E-state index contributed by atoms with van der Waals surface area (Å²) in [6.07, 6.45) is 3.75. The monoisotopic (exact) mass is 248 g/mol. The van der Waals surface area contributed by atoms with Gasteiger partial charge in [-0.05, 0) is 18.1 Å². The first-order valence-corrected chi connectivity index (χ1v) is 6.80. The van der Waals surface area contributed by atoms with Crippen LogP contribution in [0.1, 0.15) is 6.92 Å². The van der Waals surface area contributed by atoms with Crippen LogP contribution in [-0.4, -0.2) is 56.2 Å². The van der Waals surface area contributed by atoms with E-state index >= 15 is 0 Å². The Kier molecular flexibility index (Phi) is 4.96. The van der Waals surface area contributed by atoms with Gasteiger partial charge in [-0.25, -0.2) is 0 Å². The second-order valence-electron chi connectivity index (χ2n) is 5.25. The fraction of sp³-hybridized carbons (Fsp3) is 0.643. The van der Waals surface area contributed by atoms with Crippen LogP contribution < -0.4 is 10.2 Å². The SMILES string of the molecule is CC(CN1CCNCC1)CN(C)c1cccnc1. The molecule has 0 bridgehead atoms. The molecule has 100 valence electrons. The lowest BCUT2D eigenvalue weighted by Crippen LogP contribution is -2.46. The molecule has 1 fully saturated rings. The number of hydrogen-bond donors (Lipinski definition) is 1. The zero-order valence-corrected chi connectivity index (χ0v) is 11.5. The van der Waals surface area contributed by atoms with Crippen LogP contribution in [0.5, 0.6) is 0 Å². The average Bonchev–Trinajstić information content (AvgIpc) is 2.40. The van der Waals surface area contributed by atoms with Crippen molar-refractivity contribution in [3.63, 3.8) is 0 Å². The number of anilines is 1. The number of nitrogens with zero attached hydrogens (tertiary/aromatic N) is 3. The smallest absolute Gasteiger partial charge is 0.0550 e. The molecule has 0 spiro atoms. The summed E-state index contributed by atoms with van der Waals surface area (Å²) in [5, 5.41) is 3.39. The molecule has 1 aliphatic rings. The maximum atomic E-state index is 4.17. The van der Waals surface area contributed by atoms with Crippen molar-refractivity contribution in [2.75, 3.05) is 51.2 Å². The van der Waals surface area contributed by atoms with Crippen molar-refractivity contribution in [2.24, 2.45) is 5.92 Å². The van der Waals surface area contributed by atoms with Gasteiger partial charge in [0.25, 0.3) is 0 Å². The Balaban J connectivity index is 1.78. The molecule has 0 radical (unpaired) electrons. The molecule has 0 amide bonds. The van der Waals surface area contributed by atoms with Crippen LogP contribution in [-0.2, 0) is 0 Å². The maximum Gasteiger partial charge on any atom is 0.0550 e. The van der Waals surface area contributed by atoms with Crippen LogP contribution in [0.3, 0.4) is 0 Å². The van der Waals surface area contributed by atoms with Gasteiger partial charge >= 0.3 is 0 Å². The third-order valence-electron chi connectivity index (χ3n) is 3.45. The average molecular weight is 248 g/mol. The quantitative estimate of drug-likeness (QED) is 0.844. The molecular formula is C14H24N4. The highest BCUT2D eigenvalue weighted by atomic mass is 15.2. The molecule has 1 N–H and O–H groups in total. The molecule has 1 aliphatic heterocycles. The Labute approximate surface area is 110 Å². The van der Waals surface area contributed by atoms with Crippen molar-refractivity contribution in [1.29, 1.82) is 0 Å². The maximum absolute atomic E-state index is 4.17. The van der Waals surface area contributed by atoms with Gasteiger partial charge in [-0.1, -0.05) is 6.92 Å². The van der Waals surface area contributed by atoms with Gasteiger partial charge in [0.2, 0.25) is 0 Å². The van der Waals surface area contributed by atoms with Gasteiger partial charge in [0.05, 0.1) is 11.9 Å². The first-order chi connectivity index (χ1) is 8.75. The third-order valence-corrected chi connectivity index (χ3v) is 3.45. The van der Waals surface area contributed by atoms with Crippen LogP contribution in [0.25, 0.3) is 0 Å². The van der Waals surface area contributed by atoms with Gasteiger partial charge in [0.1, 0.15) is 0 Å². The highest BCUT2D eigenvalue weighted by Gasteiger charge is 2.14. The van der Waals surface area contributed by atoms with E-state index in [4.69, 9.17) is 0 Å². The summed E-state index contributed by atoms with van der Waals surface area (Å²) in [6, 6.07) is 4.11. The van der Waals surface area contributed by atoms with E-state index in [1.807, 2.05) is 18.5 Å². The molecule has 0 aromatic carbocycles. The summed E-state index contributed by atoms with van der Waals surface area (Å²) < 4.78 is 0. The first kappa shape index (κ1) is 13.3. The Morgan fingerprint density at radius 1 is 1.44 bits per heavy atom. The topological polar surface area (TPSA) is 31.4 Å². The molecule has 1 atom stereocenters. The molecule has 2 rings (SSSR count). The number of pyridine rings is 1. The van der Waals surface area contributed by atoms with Crippen LogP contribution >= 0.6 is 0 Å². The van der Waals surface area contributed by atoms with Crippen LogP contribution in [0.2, 0.25) is 0 Å². The number of rotatable bonds is 5. The molecule has 1 saturated heterocycles. The van der Waals surface area contributed by atoms with Crippen molar-refractivity contribution < 1.29 is 0 Å². The van der Waals surface area contributed by atoms with E-state index in [0.717, 1.165) is 19.6 Å². The lowest BCUT2D eigenvalue weighted by atomic mass is 10.1. The summed E-state index contributed by atoms with van der Waals surface area (Å²) in [4.78, 5) is 9.01. The van der Waals surface area contributed by atoms with Crippen LogP contribution in [0.15, 0.2) is 24.5 Å². The number of piperazine rings is 1. The van der Waals surface area contributed by atoms with E-state index in [2.05, 4.69) is 40.1 Å². The molecule has 1 aromatic rings. The van der Waals surface area contributed by atoms with E-state index in [1.54, 1.807) is 0 Å². The second kappa shape index (κ2) is 6.71. The minimum atomic E-state index is 0.674. The summed E-state index contributed by atoms with van der Waals surface area (Å²) in [5.74, 6) is 0.674. The predicted octanol–water partition coefficient (Wildman–Crippen LogP) is 1.06. The Morgan fingerprint density at radius 2 is 2.22 bits per heavy atom. The largest absolute Gasteiger partial charge is 0.373 e. The molecule has 0 aliphatic carbocycles. The van der Waals surface area contributed by atoms with E-state index < -0.39 is 0 Å². The summed E-state index contributed by atoms with van der Waals surface area (Å²) in [6.45, 7) is 9.22. The molecule has 4 heteroatoms. The number of aromatic nitrogens is 1. The minimum Gasteiger partial charge on any atom is -0.373 e. The highest BCUT2D eigenvalue weighted by molar-refractivity contribution is 5.42. The Morgan fingerprint density at radius 3 is 2.89 bits per heavy atom. The normalized spacial score (nSPS) is 18.6. The second-order valence-corrected chi connectivity index (χ2v) is 5.25. The van der Waals surface area contributed by atoms with Gasteiger partial charge < -0.3 is 15.1 Å². The molecule has 18 heavy (non-hydrogen) atoms.